The number of rotatable bonds is 3. The monoisotopic (exact) mass is 246 g/mol. The summed E-state index contributed by atoms with van der Waals surface area (Å²) in [6.45, 7) is 0. The topological polar surface area (TPSA) is 34.5 Å². The molecule has 0 bridgehead atoms. The minimum atomic E-state index is 0.617. The van der Waals surface area contributed by atoms with Crippen LogP contribution < -0.4 is 4.74 Å². The van der Waals surface area contributed by atoms with Crippen molar-refractivity contribution >= 4 is 23.5 Å². The third kappa shape index (κ3) is 3.29. The molecule has 86 valence electrons. The Balaban J connectivity index is 2.11. The van der Waals surface area contributed by atoms with E-state index < -0.39 is 0 Å². The van der Waals surface area contributed by atoms with Gasteiger partial charge in [0, 0.05) is 6.20 Å². The average molecular weight is 247 g/mol. The van der Waals surface area contributed by atoms with Crippen LogP contribution in [0.1, 0.15) is 5.69 Å². The molecule has 0 amide bonds. The number of aromatic nitrogens is 1. The van der Waals surface area contributed by atoms with Crippen molar-refractivity contribution in [1.82, 2.24) is 4.98 Å². The number of halogens is 1. The highest BCUT2D eigenvalue weighted by molar-refractivity contribution is 6.30. The van der Waals surface area contributed by atoms with Crippen molar-refractivity contribution in [3.63, 3.8) is 0 Å². The van der Waals surface area contributed by atoms with Crippen molar-refractivity contribution in [2.45, 2.75) is 0 Å². The Morgan fingerprint density at radius 1 is 1.18 bits per heavy atom. The maximum atomic E-state index is 5.74. The van der Waals surface area contributed by atoms with Crippen LogP contribution in [0.5, 0.6) is 5.75 Å². The molecular formula is C13H11ClN2O. The van der Waals surface area contributed by atoms with Crippen LogP contribution in [0.2, 0.25) is 5.02 Å². The summed E-state index contributed by atoms with van der Waals surface area (Å²) in [5.41, 5.74) is 1.62. The minimum absolute atomic E-state index is 0.617. The van der Waals surface area contributed by atoms with Crippen LogP contribution in [0, 0.1) is 0 Å². The van der Waals surface area contributed by atoms with E-state index in [-0.39, 0.29) is 0 Å². The lowest BCUT2D eigenvalue weighted by atomic mass is 10.3. The normalized spacial score (nSPS) is 10.7. The molecule has 0 N–H and O–H groups in total. The zero-order chi connectivity index (χ0) is 12.1. The van der Waals surface area contributed by atoms with E-state index in [9.17, 15) is 0 Å². The average Bonchev–Trinajstić information content (AvgIpc) is 2.39. The summed E-state index contributed by atoms with van der Waals surface area (Å²) in [6.07, 6.45) is 3.29. The van der Waals surface area contributed by atoms with Crippen molar-refractivity contribution < 1.29 is 4.74 Å². The molecule has 1 aromatic carbocycles. The number of ether oxygens (including phenoxy) is 1. The van der Waals surface area contributed by atoms with Crippen molar-refractivity contribution in [3.05, 3.63) is 53.3 Å². The van der Waals surface area contributed by atoms with Gasteiger partial charge < -0.3 is 4.74 Å². The lowest BCUT2D eigenvalue weighted by molar-refractivity contribution is 0.415. The number of hydrogen-bond donors (Lipinski definition) is 0. The van der Waals surface area contributed by atoms with Crippen LogP contribution >= 0.6 is 11.6 Å². The number of methoxy groups -OCH3 is 1. The van der Waals surface area contributed by atoms with Gasteiger partial charge in [0.2, 0.25) is 0 Å². The summed E-state index contributed by atoms with van der Waals surface area (Å²) in [5.74, 6) is 0.813. The van der Waals surface area contributed by atoms with E-state index in [4.69, 9.17) is 16.3 Å². The van der Waals surface area contributed by atoms with Crippen molar-refractivity contribution in [3.8, 4) is 5.75 Å². The molecule has 2 rings (SSSR count). The van der Waals surface area contributed by atoms with Gasteiger partial charge in [-0.05, 0) is 36.4 Å². The molecule has 0 aliphatic heterocycles. The quantitative estimate of drug-likeness (QED) is 0.777. The molecule has 0 saturated carbocycles. The molecule has 2 aromatic rings. The van der Waals surface area contributed by atoms with Gasteiger partial charge in [-0.25, -0.2) is 0 Å². The van der Waals surface area contributed by atoms with Crippen molar-refractivity contribution in [1.29, 1.82) is 0 Å². The Morgan fingerprint density at radius 2 is 1.94 bits per heavy atom. The molecule has 1 heterocycles. The van der Waals surface area contributed by atoms with Gasteiger partial charge in [-0.15, -0.1) is 0 Å². The van der Waals surface area contributed by atoms with Gasteiger partial charge in [0.05, 0.1) is 29.7 Å². The molecule has 4 heteroatoms. The summed E-state index contributed by atoms with van der Waals surface area (Å²) >= 11 is 5.74. The predicted octanol–water partition coefficient (Wildman–Crippen LogP) is 3.49. The fourth-order valence-electron chi connectivity index (χ4n) is 1.27. The highest BCUT2D eigenvalue weighted by atomic mass is 35.5. The zero-order valence-corrected chi connectivity index (χ0v) is 10.1. The van der Waals surface area contributed by atoms with E-state index in [0.717, 1.165) is 17.1 Å². The van der Waals surface area contributed by atoms with Crippen LogP contribution in [-0.2, 0) is 0 Å². The minimum Gasteiger partial charge on any atom is -0.497 e. The summed E-state index contributed by atoms with van der Waals surface area (Å²) in [4.78, 5) is 8.42. The Morgan fingerprint density at radius 3 is 2.53 bits per heavy atom. The van der Waals surface area contributed by atoms with E-state index in [2.05, 4.69) is 9.98 Å². The summed E-state index contributed by atoms with van der Waals surface area (Å²) < 4.78 is 5.07. The number of hydrogen-bond acceptors (Lipinski definition) is 3. The molecule has 0 unspecified atom stereocenters. The smallest absolute Gasteiger partial charge is 0.119 e. The summed E-state index contributed by atoms with van der Waals surface area (Å²) in [5, 5.41) is 0.617. The molecule has 1 aromatic heterocycles. The number of benzene rings is 1. The van der Waals surface area contributed by atoms with Gasteiger partial charge in [0.1, 0.15) is 5.75 Å². The Kier molecular flexibility index (Phi) is 3.73. The van der Waals surface area contributed by atoms with Crippen LogP contribution in [0.25, 0.3) is 0 Å². The van der Waals surface area contributed by atoms with Gasteiger partial charge in [0.15, 0.2) is 0 Å². The molecule has 0 saturated heterocycles. The number of pyridine rings is 1. The van der Waals surface area contributed by atoms with Crippen LogP contribution in [0.15, 0.2) is 47.6 Å². The second-order valence-corrected chi connectivity index (χ2v) is 3.79. The standard InChI is InChI=1S/C13H11ClN2O/c1-17-13-6-4-11(5-7-13)16-9-12-3-2-10(14)8-15-12/h2-9H,1H3. The predicted molar refractivity (Wildman–Crippen MR) is 69.5 cm³/mol. The number of aliphatic imine (C=N–C) groups is 1. The van der Waals surface area contributed by atoms with Gasteiger partial charge in [-0.2, -0.15) is 0 Å². The van der Waals surface area contributed by atoms with E-state index >= 15 is 0 Å². The highest BCUT2D eigenvalue weighted by Gasteiger charge is 1.92. The van der Waals surface area contributed by atoms with Crippen LogP contribution in [0.3, 0.4) is 0 Å². The lowest BCUT2D eigenvalue weighted by Crippen LogP contribution is -1.85. The molecule has 0 spiro atoms. The van der Waals surface area contributed by atoms with E-state index in [1.165, 1.54) is 0 Å². The first-order valence-electron chi connectivity index (χ1n) is 5.07. The van der Waals surface area contributed by atoms with Crippen LogP contribution in [-0.4, -0.2) is 18.3 Å². The molecule has 0 radical (unpaired) electrons. The van der Waals surface area contributed by atoms with Gasteiger partial charge in [-0.3, -0.25) is 9.98 Å². The first-order chi connectivity index (χ1) is 8.28. The third-order valence-corrected chi connectivity index (χ3v) is 2.39. The summed E-state index contributed by atoms with van der Waals surface area (Å²) in [6, 6.07) is 11.1. The second-order valence-electron chi connectivity index (χ2n) is 3.36. The van der Waals surface area contributed by atoms with Crippen molar-refractivity contribution in [2.24, 2.45) is 4.99 Å². The van der Waals surface area contributed by atoms with Gasteiger partial charge >= 0.3 is 0 Å². The molecule has 0 aliphatic carbocycles. The maximum Gasteiger partial charge on any atom is 0.119 e. The fraction of sp³-hybridized carbons (Fsp3) is 0.0769. The van der Waals surface area contributed by atoms with E-state index in [0.29, 0.717) is 5.02 Å². The first-order valence-corrected chi connectivity index (χ1v) is 5.45. The highest BCUT2D eigenvalue weighted by Crippen LogP contribution is 2.17. The van der Waals surface area contributed by atoms with Gasteiger partial charge in [-0.1, -0.05) is 11.6 Å². The number of nitrogens with zero attached hydrogens (tertiary/aromatic N) is 2. The third-order valence-electron chi connectivity index (χ3n) is 2.17. The van der Waals surface area contributed by atoms with E-state index in [1.807, 2.05) is 30.3 Å². The van der Waals surface area contributed by atoms with Crippen molar-refractivity contribution in [2.75, 3.05) is 7.11 Å². The molecular weight excluding hydrogens is 236 g/mol. The first kappa shape index (κ1) is 11.6. The fourth-order valence-corrected chi connectivity index (χ4v) is 1.38. The maximum absolute atomic E-state index is 5.74. The largest absolute Gasteiger partial charge is 0.497 e. The molecule has 3 nitrogen and oxygen atoms in total. The SMILES string of the molecule is COc1ccc(N=Cc2ccc(Cl)cn2)cc1. The zero-order valence-electron chi connectivity index (χ0n) is 9.30. The molecule has 0 aliphatic rings. The van der Waals surface area contributed by atoms with Gasteiger partial charge in [0.25, 0.3) is 0 Å². The molecule has 0 atom stereocenters. The summed E-state index contributed by atoms with van der Waals surface area (Å²) in [7, 11) is 1.63. The Labute approximate surface area is 105 Å². The van der Waals surface area contributed by atoms with Crippen LogP contribution in [0.4, 0.5) is 5.69 Å². The molecule has 0 fully saturated rings. The lowest BCUT2D eigenvalue weighted by Gasteiger charge is -1.98. The Bertz CT molecular complexity index is 506. The molecule has 17 heavy (non-hydrogen) atoms. The van der Waals surface area contributed by atoms with E-state index in [1.54, 1.807) is 25.6 Å². The second kappa shape index (κ2) is 5.46. The Hall–Kier alpha value is -1.87.